The van der Waals surface area contributed by atoms with Gasteiger partial charge in [0.1, 0.15) is 0 Å². The molecule has 1 atom stereocenters. The lowest BCUT2D eigenvalue weighted by Gasteiger charge is -2.22. The maximum atomic E-state index is 10.8. The zero-order chi connectivity index (χ0) is 14.4. The van der Waals surface area contributed by atoms with Gasteiger partial charge in [0, 0.05) is 24.4 Å². The van der Waals surface area contributed by atoms with E-state index in [9.17, 15) is 10.1 Å². The van der Waals surface area contributed by atoms with Crippen LogP contribution in [0.5, 0.6) is 5.75 Å². The van der Waals surface area contributed by atoms with Crippen molar-refractivity contribution in [2.75, 3.05) is 32.1 Å². The summed E-state index contributed by atoms with van der Waals surface area (Å²) in [5.41, 5.74) is 0.853. The third-order valence-electron chi connectivity index (χ3n) is 3.66. The number of piperidine rings is 1. The first kappa shape index (κ1) is 14.6. The maximum Gasteiger partial charge on any atom is 0.311 e. The largest absolute Gasteiger partial charge is 0.490 e. The Labute approximate surface area is 118 Å². The standard InChI is InChI=1S/C14H21N3O3/c1-20-14-9-12(4-5-13(14)17(18)19)16-8-6-11-3-2-7-15-10-11/h4-5,9,11,15-16H,2-3,6-8,10H2,1H3. The van der Waals surface area contributed by atoms with Crippen molar-refractivity contribution in [3.8, 4) is 5.75 Å². The van der Waals surface area contributed by atoms with Gasteiger partial charge >= 0.3 is 5.69 Å². The number of methoxy groups -OCH3 is 1. The van der Waals surface area contributed by atoms with E-state index in [1.165, 1.54) is 26.0 Å². The highest BCUT2D eigenvalue weighted by Gasteiger charge is 2.15. The van der Waals surface area contributed by atoms with Crippen LogP contribution in [0.15, 0.2) is 18.2 Å². The number of nitrogens with zero attached hydrogens (tertiary/aromatic N) is 1. The molecule has 1 heterocycles. The van der Waals surface area contributed by atoms with Gasteiger partial charge in [-0.1, -0.05) is 0 Å². The molecule has 0 aromatic heterocycles. The van der Waals surface area contributed by atoms with Crippen molar-refractivity contribution in [1.82, 2.24) is 5.32 Å². The normalized spacial score (nSPS) is 18.6. The molecule has 6 nitrogen and oxygen atoms in total. The van der Waals surface area contributed by atoms with Gasteiger partial charge in [0.2, 0.25) is 0 Å². The predicted molar refractivity (Wildman–Crippen MR) is 78.3 cm³/mol. The highest BCUT2D eigenvalue weighted by molar-refractivity contribution is 5.57. The molecule has 1 aromatic carbocycles. The van der Waals surface area contributed by atoms with Crippen LogP contribution in [-0.2, 0) is 0 Å². The van der Waals surface area contributed by atoms with Crippen molar-refractivity contribution in [2.24, 2.45) is 5.92 Å². The first-order valence-electron chi connectivity index (χ1n) is 6.97. The third-order valence-corrected chi connectivity index (χ3v) is 3.66. The van der Waals surface area contributed by atoms with Crippen LogP contribution in [0.2, 0.25) is 0 Å². The molecule has 1 saturated heterocycles. The van der Waals surface area contributed by atoms with E-state index < -0.39 is 4.92 Å². The van der Waals surface area contributed by atoms with E-state index in [-0.39, 0.29) is 5.69 Å². The maximum absolute atomic E-state index is 10.8. The van der Waals surface area contributed by atoms with E-state index in [1.807, 2.05) is 0 Å². The second-order valence-electron chi connectivity index (χ2n) is 5.07. The van der Waals surface area contributed by atoms with Crippen LogP contribution in [0.1, 0.15) is 19.3 Å². The van der Waals surface area contributed by atoms with Crippen LogP contribution in [0.3, 0.4) is 0 Å². The van der Waals surface area contributed by atoms with Crippen molar-refractivity contribution in [3.05, 3.63) is 28.3 Å². The summed E-state index contributed by atoms with van der Waals surface area (Å²) in [5.74, 6) is 1.01. The summed E-state index contributed by atoms with van der Waals surface area (Å²) in [6.45, 7) is 3.09. The van der Waals surface area contributed by atoms with Crippen LogP contribution in [0, 0.1) is 16.0 Å². The van der Waals surface area contributed by atoms with Gasteiger partial charge in [0.25, 0.3) is 0 Å². The van der Waals surface area contributed by atoms with Gasteiger partial charge < -0.3 is 15.4 Å². The predicted octanol–water partition coefficient (Wildman–Crippen LogP) is 2.41. The summed E-state index contributed by atoms with van der Waals surface area (Å²) < 4.78 is 5.05. The third kappa shape index (κ3) is 3.84. The zero-order valence-corrected chi connectivity index (χ0v) is 11.7. The van der Waals surface area contributed by atoms with E-state index in [1.54, 1.807) is 12.1 Å². The molecule has 20 heavy (non-hydrogen) atoms. The first-order valence-corrected chi connectivity index (χ1v) is 6.97. The number of rotatable bonds is 6. The van der Waals surface area contributed by atoms with E-state index in [0.29, 0.717) is 5.75 Å². The molecular formula is C14H21N3O3. The lowest BCUT2D eigenvalue weighted by molar-refractivity contribution is -0.385. The molecule has 2 N–H and O–H groups in total. The highest BCUT2D eigenvalue weighted by atomic mass is 16.6. The number of ether oxygens (including phenoxy) is 1. The van der Waals surface area contributed by atoms with Crippen LogP contribution >= 0.6 is 0 Å². The summed E-state index contributed by atoms with van der Waals surface area (Å²) >= 11 is 0. The van der Waals surface area contributed by atoms with Gasteiger partial charge in [0.05, 0.1) is 12.0 Å². The SMILES string of the molecule is COc1cc(NCCC2CCCNC2)ccc1[N+](=O)[O-]. The molecule has 1 aliphatic heterocycles. The summed E-state index contributed by atoms with van der Waals surface area (Å²) in [7, 11) is 1.44. The van der Waals surface area contributed by atoms with E-state index in [0.717, 1.165) is 37.7 Å². The summed E-state index contributed by atoms with van der Waals surface area (Å²) in [5, 5.41) is 17.5. The summed E-state index contributed by atoms with van der Waals surface area (Å²) in [4.78, 5) is 10.4. The minimum Gasteiger partial charge on any atom is -0.490 e. The molecule has 1 fully saturated rings. The molecule has 110 valence electrons. The van der Waals surface area contributed by atoms with E-state index in [2.05, 4.69) is 10.6 Å². The van der Waals surface area contributed by atoms with Gasteiger partial charge in [-0.05, 0) is 44.3 Å². The number of hydrogen-bond acceptors (Lipinski definition) is 5. The molecule has 0 spiro atoms. The molecule has 1 unspecified atom stereocenters. The average Bonchev–Trinajstić information content (AvgIpc) is 2.48. The van der Waals surface area contributed by atoms with Crippen molar-refractivity contribution < 1.29 is 9.66 Å². The van der Waals surface area contributed by atoms with Crippen molar-refractivity contribution in [3.63, 3.8) is 0 Å². The molecule has 0 radical (unpaired) electrons. The first-order chi connectivity index (χ1) is 9.70. The van der Waals surface area contributed by atoms with Gasteiger partial charge in [-0.15, -0.1) is 0 Å². The molecular weight excluding hydrogens is 258 g/mol. The summed E-state index contributed by atoms with van der Waals surface area (Å²) in [6.07, 6.45) is 3.63. The Balaban J connectivity index is 1.87. The fourth-order valence-electron chi connectivity index (χ4n) is 2.53. The van der Waals surface area contributed by atoms with Crippen molar-refractivity contribution >= 4 is 11.4 Å². The number of nitro groups is 1. The molecule has 0 bridgehead atoms. The fourth-order valence-corrected chi connectivity index (χ4v) is 2.53. The number of anilines is 1. The molecule has 0 amide bonds. The minimum absolute atomic E-state index is 0.00506. The number of nitro benzene ring substituents is 1. The average molecular weight is 279 g/mol. The molecule has 0 aliphatic carbocycles. The lowest BCUT2D eigenvalue weighted by atomic mass is 9.96. The highest BCUT2D eigenvalue weighted by Crippen LogP contribution is 2.29. The monoisotopic (exact) mass is 279 g/mol. The molecule has 6 heteroatoms. The Morgan fingerprint density at radius 1 is 1.55 bits per heavy atom. The zero-order valence-electron chi connectivity index (χ0n) is 11.7. The Morgan fingerprint density at radius 2 is 2.40 bits per heavy atom. The van der Waals surface area contributed by atoms with Gasteiger partial charge in [-0.3, -0.25) is 10.1 Å². The molecule has 1 aromatic rings. The Hall–Kier alpha value is -1.82. The fraction of sp³-hybridized carbons (Fsp3) is 0.571. The van der Waals surface area contributed by atoms with Crippen LogP contribution < -0.4 is 15.4 Å². The number of benzene rings is 1. The number of nitrogens with one attached hydrogen (secondary N) is 2. The van der Waals surface area contributed by atoms with Crippen molar-refractivity contribution in [2.45, 2.75) is 19.3 Å². The topological polar surface area (TPSA) is 76.4 Å². The van der Waals surface area contributed by atoms with Crippen LogP contribution in [0.25, 0.3) is 0 Å². The second-order valence-corrected chi connectivity index (χ2v) is 5.07. The molecule has 1 aliphatic rings. The van der Waals surface area contributed by atoms with Gasteiger partial charge in [0.15, 0.2) is 5.75 Å². The minimum atomic E-state index is -0.434. The summed E-state index contributed by atoms with van der Waals surface area (Å²) in [6, 6.07) is 4.88. The quantitative estimate of drug-likeness (QED) is 0.617. The second kappa shape index (κ2) is 7.09. The molecule has 0 saturated carbocycles. The van der Waals surface area contributed by atoms with Crippen LogP contribution in [-0.4, -0.2) is 31.7 Å². The van der Waals surface area contributed by atoms with Gasteiger partial charge in [-0.2, -0.15) is 0 Å². The molecule has 2 rings (SSSR count). The van der Waals surface area contributed by atoms with Crippen LogP contribution in [0.4, 0.5) is 11.4 Å². The van der Waals surface area contributed by atoms with E-state index in [4.69, 9.17) is 4.74 Å². The number of hydrogen-bond donors (Lipinski definition) is 2. The smallest absolute Gasteiger partial charge is 0.311 e. The van der Waals surface area contributed by atoms with E-state index >= 15 is 0 Å². The Kier molecular flexibility index (Phi) is 5.17. The lowest BCUT2D eigenvalue weighted by Crippen LogP contribution is -2.30. The Morgan fingerprint density at radius 3 is 3.05 bits per heavy atom. The van der Waals surface area contributed by atoms with Crippen molar-refractivity contribution in [1.29, 1.82) is 0 Å². The Bertz CT molecular complexity index is 459. The van der Waals surface area contributed by atoms with Gasteiger partial charge in [-0.25, -0.2) is 0 Å².